The standard InChI is InChI=1S/C24H28FN5O4S/c1-28-22(8-9-26-28)21-17-20(27-24(31)18-4-3-5-19(25)16-18)6-7-23(21)34-15-14-29-10-12-30(13-11-29)35(2,32)33/h3-9,16-17H,10-15H2,1-2H3,(H,27,31). The second-order valence-corrected chi connectivity index (χ2v) is 10.4. The number of hydrogen-bond acceptors (Lipinski definition) is 6. The summed E-state index contributed by atoms with van der Waals surface area (Å²) in [6.45, 7) is 3.31. The molecule has 0 spiro atoms. The Kier molecular flexibility index (Phi) is 7.48. The first-order valence-corrected chi connectivity index (χ1v) is 13.0. The number of carbonyl (C=O) groups excluding carboxylic acids is 1. The molecule has 1 aliphatic rings. The zero-order chi connectivity index (χ0) is 25.0. The monoisotopic (exact) mass is 501 g/mol. The molecule has 11 heteroatoms. The number of hydrogen-bond donors (Lipinski definition) is 1. The van der Waals surface area contributed by atoms with E-state index in [0.29, 0.717) is 50.8 Å². The van der Waals surface area contributed by atoms with Gasteiger partial charge in [0.2, 0.25) is 10.0 Å². The number of rotatable bonds is 8. The molecule has 0 saturated carbocycles. The summed E-state index contributed by atoms with van der Waals surface area (Å²) in [6.07, 6.45) is 2.91. The van der Waals surface area contributed by atoms with E-state index in [9.17, 15) is 17.6 Å². The molecule has 1 aliphatic heterocycles. The van der Waals surface area contributed by atoms with Crippen LogP contribution in [0.15, 0.2) is 54.7 Å². The van der Waals surface area contributed by atoms with Crippen molar-refractivity contribution in [3.05, 3.63) is 66.1 Å². The molecule has 2 aromatic carbocycles. The molecule has 3 aromatic rings. The molecule has 35 heavy (non-hydrogen) atoms. The van der Waals surface area contributed by atoms with E-state index in [2.05, 4.69) is 15.3 Å². The second kappa shape index (κ2) is 10.5. The Morgan fingerprint density at radius 2 is 1.89 bits per heavy atom. The van der Waals surface area contributed by atoms with Crippen LogP contribution < -0.4 is 10.1 Å². The molecule has 9 nitrogen and oxygen atoms in total. The first-order chi connectivity index (χ1) is 16.7. The third kappa shape index (κ3) is 6.24. The van der Waals surface area contributed by atoms with E-state index in [1.54, 1.807) is 35.1 Å². The fourth-order valence-electron chi connectivity index (χ4n) is 3.97. The fraction of sp³-hybridized carbons (Fsp3) is 0.333. The molecule has 0 bridgehead atoms. The molecule has 0 aliphatic carbocycles. The number of aryl methyl sites for hydroxylation is 1. The predicted molar refractivity (Wildman–Crippen MR) is 131 cm³/mol. The number of carbonyl (C=O) groups is 1. The Balaban J connectivity index is 1.44. The predicted octanol–water partition coefficient (Wildman–Crippen LogP) is 2.43. The molecule has 1 amide bonds. The molecule has 0 radical (unpaired) electrons. The normalized spacial score (nSPS) is 15.2. The molecule has 1 fully saturated rings. The van der Waals surface area contributed by atoms with Crippen LogP contribution >= 0.6 is 0 Å². The number of amides is 1. The quantitative estimate of drug-likeness (QED) is 0.509. The van der Waals surface area contributed by atoms with E-state index in [0.717, 1.165) is 11.3 Å². The van der Waals surface area contributed by atoms with Gasteiger partial charge in [0.25, 0.3) is 5.91 Å². The SMILES string of the molecule is Cn1nccc1-c1cc(NC(=O)c2cccc(F)c2)ccc1OCCN1CCN(S(C)(=O)=O)CC1. The number of nitrogens with zero attached hydrogens (tertiary/aromatic N) is 4. The molecule has 0 atom stereocenters. The van der Waals surface area contributed by atoms with Crippen molar-refractivity contribution in [3.63, 3.8) is 0 Å². The third-order valence-electron chi connectivity index (χ3n) is 5.89. The van der Waals surface area contributed by atoms with E-state index in [1.807, 2.05) is 13.1 Å². The van der Waals surface area contributed by atoms with Crippen LogP contribution in [0.25, 0.3) is 11.3 Å². The number of sulfonamides is 1. The first kappa shape index (κ1) is 24.8. The van der Waals surface area contributed by atoms with Gasteiger partial charge in [-0.05, 0) is 42.5 Å². The first-order valence-electron chi connectivity index (χ1n) is 11.2. The maximum atomic E-state index is 13.5. The molecule has 1 aromatic heterocycles. The van der Waals surface area contributed by atoms with Gasteiger partial charge in [0, 0.05) is 62.8 Å². The number of aromatic nitrogens is 2. The number of ether oxygens (including phenoxy) is 1. The molecule has 186 valence electrons. The highest BCUT2D eigenvalue weighted by molar-refractivity contribution is 7.88. The summed E-state index contributed by atoms with van der Waals surface area (Å²) in [5.74, 6) is -0.260. The van der Waals surface area contributed by atoms with Crippen molar-refractivity contribution >= 4 is 21.6 Å². The van der Waals surface area contributed by atoms with Crippen molar-refractivity contribution in [1.82, 2.24) is 19.0 Å². The summed E-state index contributed by atoms with van der Waals surface area (Å²) in [5, 5.41) is 7.04. The Bertz CT molecular complexity index is 1300. The van der Waals surface area contributed by atoms with Gasteiger partial charge in [-0.1, -0.05) is 6.07 Å². The second-order valence-electron chi connectivity index (χ2n) is 8.37. The molecule has 2 heterocycles. The molecule has 1 N–H and O–H groups in total. The minimum absolute atomic E-state index is 0.225. The number of benzene rings is 2. The highest BCUT2D eigenvalue weighted by Gasteiger charge is 2.23. The average molecular weight is 502 g/mol. The van der Waals surface area contributed by atoms with Gasteiger partial charge in [-0.2, -0.15) is 9.40 Å². The summed E-state index contributed by atoms with van der Waals surface area (Å²) < 4.78 is 46.2. The van der Waals surface area contributed by atoms with E-state index in [4.69, 9.17) is 4.74 Å². The Labute approximate surface area is 204 Å². The Morgan fingerprint density at radius 3 is 2.54 bits per heavy atom. The van der Waals surface area contributed by atoms with Crippen LogP contribution in [0.1, 0.15) is 10.4 Å². The van der Waals surface area contributed by atoms with Gasteiger partial charge in [0.05, 0.1) is 11.9 Å². The van der Waals surface area contributed by atoms with E-state index in [-0.39, 0.29) is 5.56 Å². The number of anilines is 1. The summed E-state index contributed by atoms with van der Waals surface area (Å²) in [6, 6.07) is 12.7. The highest BCUT2D eigenvalue weighted by atomic mass is 32.2. The molecular weight excluding hydrogens is 473 g/mol. The van der Waals surface area contributed by atoms with Crippen molar-refractivity contribution in [2.24, 2.45) is 7.05 Å². The number of piperazine rings is 1. The van der Waals surface area contributed by atoms with E-state index in [1.165, 1.54) is 28.8 Å². The summed E-state index contributed by atoms with van der Waals surface area (Å²) in [7, 11) is -1.34. The van der Waals surface area contributed by atoms with Crippen molar-refractivity contribution in [2.75, 3.05) is 50.9 Å². The van der Waals surface area contributed by atoms with Gasteiger partial charge < -0.3 is 10.1 Å². The van der Waals surface area contributed by atoms with Crippen molar-refractivity contribution in [3.8, 4) is 17.0 Å². The van der Waals surface area contributed by atoms with Crippen LogP contribution in [0.4, 0.5) is 10.1 Å². The highest BCUT2D eigenvalue weighted by Crippen LogP contribution is 2.32. The van der Waals surface area contributed by atoms with Gasteiger partial charge >= 0.3 is 0 Å². The summed E-state index contributed by atoms with van der Waals surface area (Å²) in [5.41, 5.74) is 2.33. The maximum Gasteiger partial charge on any atom is 0.255 e. The van der Waals surface area contributed by atoms with Crippen LogP contribution in [0, 0.1) is 5.82 Å². The largest absolute Gasteiger partial charge is 0.492 e. The fourth-order valence-corrected chi connectivity index (χ4v) is 4.80. The average Bonchev–Trinajstić information content (AvgIpc) is 3.25. The van der Waals surface area contributed by atoms with Crippen molar-refractivity contribution in [1.29, 1.82) is 0 Å². The zero-order valence-corrected chi connectivity index (χ0v) is 20.5. The van der Waals surface area contributed by atoms with Crippen LogP contribution in [0.2, 0.25) is 0 Å². The van der Waals surface area contributed by atoms with Crippen molar-refractivity contribution < 1.29 is 22.3 Å². The lowest BCUT2D eigenvalue weighted by atomic mass is 10.1. The zero-order valence-electron chi connectivity index (χ0n) is 19.6. The number of halogens is 1. The molecular formula is C24H28FN5O4S. The van der Waals surface area contributed by atoms with Gasteiger partial charge in [0.15, 0.2) is 0 Å². The van der Waals surface area contributed by atoms with Crippen LogP contribution in [-0.4, -0.2) is 78.9 Å². The molecule has 0 unspecified atom stereocenters. The summed E-state index contributed by atoms with van der Waals surface area (Å²) in [4.78, 5) is 14.7. The van der Waals surface area contributed by atoms with Crippen molar-refractivity contribution in [2.45, 2.75) is 0 Å². The van der Waals surface area contributed by atoms with Crippen LogP contribution in [0.5, 0.6) is 5.75 Å². The minimum Gasteiger partial charge on any atom is -0.492 e. The van der Waals surface area contributed by atoms with Gasteiger partial charge in [0.1, 0.15) is 18.2 Å². The van der Waals surface area contributed by atoms with Gasteiger partial charge in [-0.15, -0.1) is 0 Å². The van der Waals surface area contributed by atoms with E-state index < -0.39 is 21.7 Å². The molecule has 1 saturated heterocycles. The maximum absolute atomic E-state index is 13.5. The van der Waals surface area contributed by atoms with Crippen LogP contribution in [0.3, 0.4) is 0 Å². The lowest BCUT2D eigenvalue weighted by Crippen LogP contribution is -2.49. The minimum atomic E-state index is -3.16. The Morgan fingerprint density at radius 1 is 1.11 bits per heavy atom. The topological polar surface area (TPSA) is 96.8 Å². The van der Waals surface area contributed by atoms with Gasteiger partial charge in [-0.3, -0.25) is 14.4 Å². The Hall–Kier alpha value is -3.28. The summed E-state index contributed by atoms with van der Waals surface area (Å²) >= 11 is 0. The van der Waals surface area contributed by atoms with Gasteiger partial charge in [-0.25, -0.2) is 12.8 Å². The molecule has 4 rings (SSSR count). The lowest BCUT2D eigenvalue weighted by molar-refractivity contribution is 0.102. The smallest absolute Gasteiger partial charge is 0.255 e. The number of nitrogens with one attached hydrogen (secondary N) is 1. The third-order valence-corrected chi connectivity index (χ3v) is 7.19. The van der Waals surface area contributed by atoms with Crippen LogP contribution in [-0.2, 0) is 17.1 Å². The lowest BCUT2D eigenvalue weighted by Gasteiger charge is -2.33. The van der Waals surface area contributed by atoms with E-state index >= 15 is 0 Å².